The van der Waals surface area contributed by atoms with E-state index in [2.05, 4.69) is 12.1 Å². The Hall–Kier alpha value is -4.45. The van der Waals surface area contributed by atoms with Crippen LogP contribution in [0, 0.1) is 22.7 Å². The maximum atomic E-state index is 11.0. The second-order valence-corrected chi connectivity index (χ2v) is 8.31. The third-order valence-electron chi connectivity index (χ3n) is 5.31. The zero-order chi connectivity index (χ0) is 22.1. The van der Waals surface area contributed by atoms with Crippen molar-refractivity contribution in [3.05, 3.63) is 96.1 Å². The molecule has 32 heavy (non-hydrogen) atoms. The predicted octanol–water partition coefficient (Wildman–Crippen LogP) is 6.75. The Morgan fingerprint density at radius 3 is 1.81 bits per heavy atom. The Kier molecular flexibility index (Phi) is 4.88. The van der Waals surface area contributed by atoms with E-state index in [0.717, 1.165) is 37.5 Å². The van der Waals surface area contributed by atoms with Gasteiger partial charge in [-0.25, -0.2) is 4.98 Å². The van der Waals surface area contributed by atoms with Crippen LogP contribution >= 0.6 is 11.3 Å². The predicted molar refractivity (Wildman–Crippen MR) is 127 cm³/mol. The van der Waals surface area contributed by atoms with Crippen LogP contribution in [0.5, 0.6) is 5.75 Å². The van der Waals surface area contributed by atoms with E-state index in [1.807, 2.05) is 54.6 Å². The summed E-state index contributed by atoms with van der Waals surface area (Å²) in [5.41, 5.74) is 6.25. The van der Waals surface area contributed by atoms with Crippen molar-refractivity contribution < 1.29 is 5.11 Å². The van der Waals surface area contributed by atoms with Gasteiger partial charge in [0.1, 0.15) is 10.8 Å². The van der Waals surface area contributed by atoms with Gasteiger partial charge < -0.3 is 5.11 Å². The van der Waals surface area contributed by atoms with Gasteiger partial charge in [0.2, 0.25) is 0 Å². The van der Waals surface area contributed by atoms with Crippen LogP contribution in [0.4, 0.5) is 0 Å². The molecule has 0 fully saturated rings. The summed E-state index contributed by atoms with van der Waals surface area (Å²) in [7, 11) is 0. The third-order valence-corrected chi connectivity index (χ3v) is 6.38. The van der Waals surface area contributed by atoms with Crippen LogP contribution in [0.2, 0.25) is 0 Å². The number of fused-ring (bicyclic) bond motifs is 1. The Balaban J connectivity index is 1.73. The van der Waals surface area contributed by atoms with E-state index in [1.54, 1.807) is 30.3 Å². The number of aromatic hydroxyl groups is 1. The molecule has 4 aromatic carbocycles. The Bertz CT molecular complexity index is 1500. The molecule has 5 rings (SSSR count). The highest BCUT2D eigenvalue weighted by molar-refractivity contribution is 7.21. The average molecular weight is 430 g/mol. The van der Waals surface area contributed by atoms with Crippen molar-refractivity contribution in [3.63, 3.8) is 0 Å². The van der Waals surface area contributed by atoms with Crippen LogP contribution in [0.25, 0.3) is 43.0 Å². The van der Waals surface area contributed by atoms with E-state index < -0.39 is 0 Å². The summed E-state index contributed by atoms with van der Waals surface area (Å²) < 4.78 is 1.05. The second kappa shape index (κ2) is 8.00. The minimum atomic E-state index is 0.140. The fraction of sp³-hybridized carbons (Fsp3) is 0. The third kappa shape index (κ3) is 3.48. The SMILES string of the molecule is N#Cc1ccc(-c2cc(O)c(-c3nc4ccccc4s3)cc2-c2ccc(C#N)cc2)cc1. The number of thiazole rings is 1. The molecule has 5 heteroatoms. The number of benzene rings is 4. The number of phenolic OH excluding ortho intramolecular Hbond substituents is 1. The standard InChI is InChI=1S/C27H15N3OS/c28-15-17-5-9-19(10-6-17)21-13-23(27-30-24-3-1-2-4-26(24)32-27)25(31)14-22(21)20-11-7-18(16-29)8-12-20/h1-14,31H. The molecule has 0 saturated carbocycles. The Morgan fingerprint density at radius 1 is 0.688 bits per heavy atom. The maximum absolute atomic E-state index is 11.0. The molecule has 0 aliphatic carbocycles. The van der Waals surface area contributed by atoms with Gasteiger partial charge in [0.15, 0.2) is 0 Å². The first-order chi connectivity index (χ1) is 15.7. The van der Waals surface area contributed by atoms with Gasteiger partial charge in [-0.05, 0) is 70.8 Å². The monoisotopic (exact) mass is 429 g/mol. The van der Waals surface area contributed by atoms with E-state index >= 15 is 0 Å². The van der Waals surface area contributed by atoms with Gasteiger partial charge in [-0.1, -0.05) is 36.4 Å². The molecular formula is C27H15N3OS. The van der Waals surface area contributed by atoms with E-state index in [9.17, 15) is 5.11 Å². The summed E-state index contributed by atoms with van der Waals surface area (Å²) in [6, 6.07) is 30.5. The lowest BCUT2D eigenvalue weighted by Crippen LogP contribution is -1.89. The molecule has 1 N–H and O–H groups in total. The molecule has 0 aliphatic heterocycles. The highest BCUT2D eigenvalue weighted by Gasteiger charge is 2.17. The minimum Gasteiger partial charge on any atom is -0.507 e. The van der Waals surface area contributed by atoms with Crippen molar-refractivity contribution >= 4 is 21.6 Å². The van der Waals surface area contributed by atoms with Crippen molar-refractivity contribution in [1.82, 2.24) is 4.98 Å². The number of nitriles is 2. The zero-order valence-corrected chi connectivity index (χ0v) is 17.6. The summed E-state index contributed by atoms with van der Waals surface area (Å²) in [4.78, 5) is 4.71. The molecule has 0 atom stereocenters. The highest BCUT2D eigenvalue weighted by atomic mass is 32.1. The second-order valence-electron chi connectivity index (χ2n) is 7.28. The molecule has 0 unspecified atom stereocenters. The summed E-state index contributed by atoms with van der Waals surface area (Å²) >= 11 is 1.53. The lowest BCUT2D eigenvalue weighted by molar-refractivity contribution is 0.477. The molecular weight excluding hydrogens is 414 g/mol. The largest absolute Gasteiger partial charge is 0.507 e. The quantitative estimate of drug-likeness (QED) is 0.344. The van der Waals surface area contributed by atoms with E-state index in [1.165, 1.54) is 11.3 Å². The molecule has 150 valence electrons. The number of phenols is 1. The van der Waals surface area contributed by atoms with Gasteiger partial charge in [0.05, 0.1) is 39.0 Å². The van der Waals surface area contributed by atoms with Crippen LogP contribution in [0.3, 0.4) is 0 Å². The zero-order valence-electron chi connectivity index (χ0n) is 16.8. The van der Waals surface area contributed by atoms with Crippen molar-refractivity contribution in [2.24, 2.45) is 0 Å². The number of rotatable bonds is 3. The first kappa shape index (κ1) is 19.5. The van der Waals surface area contributed by atoms with E-state index in [0.29, 0.717) is 16.7 Å². The lowest BCUT2D eigenvalue weighted by atomic mass is 9.91. The van der Waals surface area contributed by atoms with Gasteiger partial charge >= 0.3 is 0 Å². The molecule has 0 amide bonds. The molecule has 0 radical (unpaired) electrons. The first-order valence-corrected chi connectivity index (χ1v) is 10.7. The fourth-order valence-corrected chi connectivity index (χ4v) is 4.66. The van der Waals surface area contributed by atoms with Crippen molar-refractivity contribution in [1.29, 1.82) is 10.5 Å². The number of para-hydroxylation sites is 1. The van der Waals surface area contributed by atoms with Gasteiger partial charge in [0, 0.05) is 0 Å². The van der Waals surface area contributed by atoms with Gasteiger partial charge in [-0.2, -0.15) is 10.5 Å². The van der Waals surface area contributed by atoms with Gasteiger partial charge in [-0.3, -0.25) is 0 Å². The van der Waals surface area contributed by atoms with E-state index in [4.69, 9.17) is 15.5 Å². The van der Waals surface area contributed by atoms with Crippen molar-refractivity contribution in [2.45, 2.75) is 0 Å². The summed E-state index contributed by atoms with van der Waals surface area (Å²) in [5, 5.41) is 30.0. The summed E-state index contributed by atoms with van der Waals surface area (Å²) in [6.07, 6.45) is 0. The maximum Gasteiger partial charge on any atom is 0.128 e. The molecule has 1 aromatic heterocycles. The van der Waals surface area contributed by atoms with E-state index in [-0.39, 0.29) is 5.75 Å². The van der Waals surface area contributed by atoms with Crippen LogP contribution < -0.4 is 0 Å². The molecule has 0 aliphatic rings. The van der Waals surface area contributed by atoms with Gasteiger partial charge in [0.25, 0.3) is 0 Å². The van der Waals surface area contributed by atoms with Crippen molar-refractivity contribution in [3.8, 4) is 50.7 Å². The Morgan fingerprint density at radius 2 is 1.25 bits per heavy atom. The Labute approximate surface area is 188 Å². The molecule has 4 nitrogen and oxygen atoms in total. The smallest absolute Gasteiger partial charge is 0.128 e. The van der Waals surface area contributed by atoms with Crippen LogP contribution in [-0.2, 0) is 0 Å². The number of nitrogens with zero attached hydrogens (tertiary/aromatic N) is 3. The van der Waals surface area contributed by atoms with Crippen LogP contribution in [0.15, 0.2) is 84.9 Å². The molecule has 0 spiro atoms. The first-order valence-electron chi connectivity index (χ1n) is 9.90. The van der Waals surface area contributed by atoms with Crippen molar-refractivity contribution in [2.75, 3.05) is 0 Å². The lowest BCUT2D eigenvalue weighted by Gasteiger charge is -2.14. The van der Waals surface area contributed by atoms with Crippen LogP contribution in [0.1, 0.15) is 11.1 Å². The highest BCUT2D eigenvalue weighted by Crippen LogP contribution is 2.43. The molecule has 0 bridgehead atoms. The minimum absolute atomic E-state index is 0.140. The molecule has 1 heterocycles. The summed E-state index contributed by atoms with van der Waals surface area (Å²) in [5.74, 6) is 0.140. The molecule has 5 aromatic rings. The van der Waals surface area contributed by atoms with Gasteiger partial charge in [-0.15, -0.1) is 11.3 Å². The topological polar surface area (TPSA) is 80.7 Å². The number of hydrogen-bond acceptors (Lipinski definition) is 5. The summed E-state index contributed by atoms with van der Waals surface area (Å²) in [6.45, 7) is 0. The number of aromatic nitrogens is 1. The molecule has 0 saturated heterocycles. The fourth-order valence-electron chi connectivity index (χ4n) is 3.67. The number of hydrogen-bond donors (Lipinski definition) is 1. The van der Waals surface area contributed by atoms with Crippen LogP contribution in [-0.4, -0.2) is 10.1 Å². The normalized spacial score (nSPS) is 10.6. The average Bonchev–Trinajstić information content (AvgIpc) is 3.28.